The number of halogens is 3. The Morgan fingerprint density at radius 2 is 2.14 bits per heavy atom. The maximum Gasteiger partial charge on any atom is 0.416 e. The molecule has 1 aromatic heterocycles. The Hall–Kier alpha value is -2.46. The molecule has 2 aliphatic rings. The molecule has 2 saturated heterocycles. The van der Waals surface area contributed by atoms with Gasteiger partial charge in [0.15, 0.2) is 0 Å². The Kier molecular flexibility index (Phi) is 4.86. The molecular formula is C19H17F3N2O4S. The van der Waals surface area contributed by atoms with Crippen LogP contribution in [0.5, 0.6) is 0 Å². The average Bonchev–Trinajstić information content (AvgIpc) is 3.32. The molecular weight excluding hydrogens is 409 g/mol. The van der Waals surface area contributed by atoms with Crippen molar-refractivity contribution in [1.82, 2.24) is 9.88 Å². The number of aromatic nitrogens is 1. The number of nitrogens with zero attached hydrogens (tertiary/aromatic N) is 2. The summed E-state index contributed by atoms with van der Waals surface area (Å²) in [5.74, 6) is -1.65. The fourth-order valence-corrected chi connectivity index (χ4v) is 4.74. The van der Waals surface area contributed by atoms with E-state index in [9.17, 15) is 27.9 Å². The van der Waals surface area contributed by atoms with E-state index in [-0.39, 0.29) is 36.9 Å². The highest BCUT2D eigenvalue weighted by Gasteiger charge is 2.55. The Labute approximate surface area is 167 Å². The van der Waals surface area contributed by atoms with E-state index < -0.39 is 29.0 Å². The molecule has 29 heavy (non-hydrogen) atoms. The molecule has 2 atom stereocenters. The summed E-state index contributed by atoms with van der Waals surface area (Å²) in [7, 11) is 0. The van der Waals surface area contributed by atoms with E-state index in [0.29, 0.717) is 18.0 Å². The number of aliphatic carboxylic acids is 1. The van der Waals surface area contributed by atoms with Crippen LogP contribution in [0, 0.1) is 11.3 Å². The van der Waals surface area contributed by atoms with Crippen LogP contribution in [0.1, 0.15) is 22.5 Å². The molecule has 2 aliphatic heterocycles. The van der Waals surface area contributed by atoms with Gasteiger partial charge in [0.2, 0.25) is 0 Å². The number of carbonyl (C=O) groups is 2. The van der Waals surface area contributed by atoms with Crippen LogP contribution < -0.4 is 0 Å². The number of hydrogen-bond acceptors (Lipinski definition) is 5. The predicted molar refractivity (Wildman–Crippen MR) is 97.5 cm³/mol. The minimum atomic E-state index is -4.47. The molecule has 2 aromatic rings. The second-order valence-corrected chi connectivity index (χ2v) is 8.14. The zero-order valence-corrected chi connectivity index (χ0v) is 15.9. The quantitative estimate of drug-likeness (QED) is 0.814. The molecule has 0 unspecified atom stereocenters. The van der Waals surface area contributed by atoms with Crippen molar-refractivity contribution < 1.29 is 32.6 Å². The smallest absolute Gasteiger partial charge is 0.416 e. The number of alkyl halides is 3. The third-order valence-electron chi connectivity index (χ3n) is 5.58. The second-order valence-electron chi connectivity index (χ2n) is 7.29. The maximum atomic E-state index is 12.9. The van der Waals surface area contributed by atoms with Gasteiger partial charge in [-0.3, -0.25) is 9.59 Å². The van der Waals surface area contributed by atoms with E-state index >= 15 is 0 Å². The summed E-state index contributed by atoms with van der Waals surface area (Å²) < 4.78 is 44.2. The molecule has 0 radical (unpaired) electrons. The van der Waals surface area contributed by atoms with Gasteiger partial charge in [0, 0.05) is 36.6 Å². The summed E-state index contributed by atoms with van der Waals surface area (Å²) in [5, 5.41) is 11.5. The van der Waals surface area contributed by atoms with Crippen LogP contribution in [0.3, 0.4) is 0 Å². The fourth-order valence-electron chi connectivity index (χ4n) is 3.95. The van der Waals surface area contributed by atoms with E-state index in [1.165, 1.54) is 22.4 Å². The lowest BCUT2D eigenvalue weighted by Gasteiger charge is -2.33. The number of carboxylic acids is 1. The standard InChI is InChI=1S/C19H17F3N2O4S/c20-19(21,22)12-3-1-2-11(6-12)15-23-14(9-29-15)16(25)24-7-13-8-28-5-4-18(13,10-24)17(26)27/h1-3,6,9,13H,4-5,7-8,10H2,(H,26,27)/t13-,18+/m0/s1. The lowest BCUT2D eigenvalue weighted by atomic mass is 9.74. The van der Waals surface area contributed by atoms with Crippen LogP contribution >= 0.6 is 11.3 Å². The van der Waals surface area contributed by atoms with Gasteiger partial charge in [0.1, 0.15) is 10.7 Å². The summed E-state index contributed by atoms with van der Waals surface area (Å²) in [4.78, 5) is 30.4. The monoisotopic (exact) mass is 426 g/mol. The Morgan fingerprint density at radius 3 is 2.83 bits per heavy atom. The van der Waals surface area contributed by atoms with Gasteiger partial charge in [-0.1, -0.05) is 12.1 Å². The van der Waals surface area contributed by atoms with Gasteiger partial charge in [-0.2, -0.15) is 13.2 Å². The van der Waals surface area contributed by atoms with Crippen molar-refractivity contribution in [2.24, 2.45) is 11.3 Å². The molecule has 6 nitrogen and oxygen atoms in total. The number of rotatable bonds is 3. The van der Waals surface area contributed by atoms with Crippen molar-refractivity contribution >= 4 is 23.2 Å². The number of carboxylic acid groups (broad SMARTS) is 1. The first-order chi connectivity index (χ1) is 13.7. The van der Waals surface area contributed by atoms with E-state index in [1.807, 2.05) is 0 Å². The Balaban J connectivity index is 1.56. The van der Waals surface area contributed by atoms with E-state index in [2.05, 4.69) is 4.98 Å². The second kappa shape index (κ2) is 7.10. The van der Waals surface area contributed by atoms with Gasteiger partial charge in [-0.05, 0) is 18.6 Å². The molecule has 154 valence electrons. The highest BCUT2D eigenvalue weighted by Crippen LogP contribution is 2.43. The van der Waals surface area contributed by atoms with Gasteiger partial charge in [0.25, 0.3) is 5.91 Å². The van der Waals surface area contributed by atoms with Crippen LogP contribution in [0.25, 0.3) is 10.6 Å². The zero-order chi connectivity index (χ0) is 20.8. The van der Waals surface area contributed by atoms with Crippen molar-refractivity contribution in [3.8, 4) is 10.6 Å². The van der Waals surface area contributed by atoms with Crippen molar-refractivity contribution in [3.63, 3.8) is 0 Å². The van der Waals surface area contributed by atoms with Gasteiger partial charge in [-0.25, -0.2) is 4.98 Å². The number of hydrogen-bond donors (Lipinski definition) is 1. The first-order valence-corrected chi connectivity index (χ1v) is 9.82. The molecule has 0 saturated carbocycles. The van der Waals surface area contributed by atoms with Gasteiger partial charge >= 0.3 is 12.1 Å². The van der Waals surface area contributed by atoms with Crippen molar-refractivity contribution in [1.29, 1.82) is 0 Å². The molecule has 10 heteroatoms. The average molecular weight is 426 g/mol. The molecule has 1 N–H and O–H groups in total. The predicted octanol–water partition coefficient (Wildman–Crippen LogP) is 3.39. The summed E-state index contributed by atoms with van der Waals surface area (Å²) in [5.41, 5.74) is -1.43. The summed E-state index contributed by atoms with van der Waals surface area (Å²) in [6.07, 6.45) is -4.13. The lowest BCUT2D eigenvalue weighted by Crippen LogP contribution is -2.45. The third kappa shape index (κ3) is 3.51. The highest BCUT2D eigenvalue weighted by molar-refractivity contribution is 7.13. The summed E-state index contributed by atoms with van der Waals surface area (Å²) >= 11 is 1.07. The molecule has 0 bridgehead atoms. The maximum absolute atomic E-state index is 12.9. The van der Waals surface area contributed by atoms with Crippen LogP contribution in [0.2, 0.25) is 0 Å². The molecule has 0 aliphatic carbocycles. The molecule has 1 amide bonds. The minimum absolute atomic E-state index is 0.0750. The van der Waals surface area contributed by atoms with E-state index in [0.717, 1.165) is 23.5 Å². The SMILES string of the molecule is O=C(c1csc(-c2cccc(C(F)(F)F)c2)n1)N1C[C@H]2COCC[C@@]2(C(=O)O)C1. The molecule has 2 fully saturated rings. The highest BCUT2D eigenvalue weighted by atomic mass is 32.1. The number of thiazole rings is 1. The van der Waals surface area contributed by atoms with Gasteiger partial charge in [-0.15, -0.1) is 11.3 Å². The Morgan fingerprint density at radius 1 is 1.34 bits per heavy atom. The van der Waals surface area contributed by atoms with Crippen molar-refractivity contribution in [3.05, 3.63) is 40.9 Å². The fraction of sp³-hybridized carbons (Fsp3) is 0.421. The number of amides is 1. The molecule has 0 spiro atoms. The topological polar surface area (TPSA) is 79.7 Å². The largest absolute Gasteiger partial charge is 0.481 e. The Bertz CT molecular complexity index is 961. The van der Waals surface area contributed by atoms with Crippen LogP contribution in [-0.4, -0.2) is 53.2 Å². The number of ether oxygens (including phenoxy) is 1. The van der Waals surface area contributed by atoms with E-state index in [4.69, 9.17) is 4.74 Å². The zero-order valence-electron chi connectivity index (χ0n) is 15.1. The van der Waals surface area contributed by atoms with Crippen molar-refractivity contribution in [2.45, 2.75) is 12.6 Å². The van der Waals surface area contributed by atoms with E-state index in [1.54, 1.807) is 0 Å². The first kappa shape index (κ1) is 19.8. The summed E-state index contributed by atoms with van der Waals surface area (Å²) in [6.45, 7) is 0.941. The number of carbonyl (C=O) groups excluding carboxylic acids is 1. The third-order valence-corrected chi connectivity index (χ3v) is 6.47. The molecule has 1 aromatic carbocycles. The first-order valence-electron chi connectivity index (χ1n) is 8.94. The lowest BCUT2D eigenvalue weighted by molar-refractivity contribution is -0.157. The number of fused-ring (bicyclic) bond motifs is 1. The minimum Gasteiger partial charge on any atom is -0.481 e. The molecule has 3 heterocycles. The van der Waals surface area contributed by atoms with Crippen LogP contribution in [0.15, 0.2) is 29.6 Å². The number of likely N-dealkylation sites (tertiary alicyclic amines) is 1. The summed E-state index contributed by atoms with van der Waals surface area (Å²) in [6, 6.07) is 4.77. The molecule has 4 rings (SSSR count). The van der Waals surface area contributed by atoms with Gasteiger partial charge in [0.05, 0.1) is 17.6 Å². The van der Waals surface area contributed by atoms with Crippen LogP contribution in [0.4, 0.5) is 13.2 Å². The normalized spacial score (nSPS) is 24.4. The van der Waals surface area contributed by atoms with Crippen LogP contribution in [-0.2, 0) is 15.7 Å². The van der Waals surface area contributed by atoms with Gasteiger partial charge < -0.3 is 14.7 Å². The van der Waals surface area contributed by atoms with Crippen molar-refractivity contribution in [2.75, 3.05) is 26.3 Å². The number of benzene rings is 1.